The molecule has 1 unspecified atom stereocenters. The first kappa shape index (κ1) is 24.0. The molecule has 2 saturated heterocycles. The first-order chi connectivity index (χ1) is 12.1. The fourth-order valence-corrected chi connectivity index (χ4v) is 4.47. The molecule has 0 bridgehead atoms. The Bertz CT molecular complexity index is 420. The van der Waals surface area contributed by atoms with Crippen LogP contribution in [0, 0.1) is 11.8 Å². The molecule has 1 N–H and O–H groups in total. The number of ether oxygens (including phenoxy) is 1. The summed E-state index contributed by atoms with van der Waals surface area (Å²) in [5, 5.41) is 3.54. The Morgan fingerprint density at radius 1 is 1.23 bits per heavy atom. The summed E-state index contributed by atoms with van der Waals surface area (Å²) >= 11 is 0. The number of guanidine groups is 1. The molecule has 0 aromatic carbocycles. The molecule has 0 radical (unpaired) electrons. The zero-order chi connectivity index (χ0) is 18.3. The highest BCUT2D eigenvalue weighted by Crippen LogP contribution is 2.29. The summed E-state index contributed by atoms with van der Waals surface area (Å²) in [5.74, 6) is 2.80. The van der Waals surface area contributed by atoms with Gasteiger partial charge in [0.05, 0.1) is 6.54 Å². The summed E-state index contributed by atoms with van der Waals surface area (Å²) in [4.78, 5) is 9.95. The fourth-order valence-electron chi connectivity index (χ4n) is 4.47. The average molecular weight is 480 g/mol. The lowest BCUT2D eigenvalue weighted by atomic mass is 9.87. The van der Waals surface area contributed by atoms with E-state index in [9.17, 15) is 0 Å². The van der Waals surface area contributed by atoms with Gasteiger partial charge in [0.1, 0.15) is 0 Å². The number of nitrogens with zero attached hydrogens (tertiary/aromatic N) is 3. The van der Waals surface area contributed by atoms with Gasteiger partial charge in [-0.3, -0.25) is 4.99 Å². The minimum atomic E-state index is 0. The second-order valence-corrected chi connectivity index (χ2v) is 7.97. The predicted octanol–water partition coefficient (Wildman–Crippen LogP) is 3.44. The van der Waals surface area contributed by atoms with Gasteiger partial charge in [0.15, 0.2) is 5.96 Å². The van der Waals surface area contributed by atoms with E-state index in [2.05, 4.69) is 50.0 Å². The molecular formula is C20H41IN4O. The number of hydrogen-bond donors (Lipinski definition) is 1. The molecule has 2 heterocycles. The third kappa shape index (κ3) is 5.96. The Hall–Kier alpha value is -0.0800. The van der Waals surface area contributed by atoms with Crippen LogP contribution in [0.3, 0.4) is 0 Å². The highest BCUT2D eigenvalue weighted by Gasteiger charge is 2.35. The molecule has 0 aromatic heterocycles. The van der Waals surface area contributed by atoms with E-state index in [-0.39, 0.29) is 29.5 Å². The second-order valence-electron chi connectivity index (χ2n) is 7.97. The number of nitrogens with one attached hydrogen (secondary N) is 1. The molecule has 0 saturated carbocycles. The molecule has 0 aliphatic carbocycles. The number of likely N-dealkylation sites (N-methyl/N-ethyl adjacent to an activating group) is 1. The molecule has 5 nitrogen and oxygen atoms in total. The zero-order valence-electron chi connectivity index (χ0n) is 17.6. The van der Waals surface area contributed by atoms with Crippen LogP contribution in [0.1, 0.15) is 52.9 Å². The van der Waals surface area contributed by atoms with Crippen LogP contribution in [0.2, 0.25) is 0 Å². The van der Waals surface area contributed by atoms with Crippen LogP contribution in [0.5, 0.6) is 0 Å². The lowest BCUT2D eigenvalue weighted by molar-refractivity contribution is -0.00263. The molecule has 0 amide bonds. The molecular weight excluding hydrogens is 439 g/mol. The first-order valence-corrected chi connectivity index (χ1v) is 10.3. The van der Waals surface area contributed by atoms with Crippen LogP contribution in [-0.4, -0.2) is 74.8 Å². The third-order valence-electron chi connectivity index (χ3n) is 6.47. The van der Waals surface area contributed by atoms with Crippen LogP contribution < -0.4 is 5.32 Å². The van der Waals surface area contributed by atoms with Crippen molar-refractivity contribution in [2.45, 2.75) is 58.4 Å². The maximum Gasteiger partial charge on any atom is 0.193 e. The monoisotopic (exact) mass is 480 g/mol. The molecule has 2 aliphatic rings. The van der Waals surface area contributed by atoms with Gasteiger partial charge in [0.25, 0.3) is 0 Å². The Kier molecular flexibility index (Phi) is 10.8. The van der Waals surface area contributed by atoms with E-state index in [1.807, 2.05) is 0 Å². The van der Waals surface area contributed by atoms with E-state index >= 15 is 0 Å². The predicted molar refractivity (Wildman–Crippen MR) is 122 cm³/mol. The summed E-state index contributed by atoms with van der Waals surface area (Å²) in [5.41, 5.74) is 0.146. The van der Waals surface area contributed by atoms with Crippen LogP contribution in [0.25, 0.3) is 0 Å². The molecule has 6 heteroatoms. The van der Waals surface area contributed by atoms with Crippen molar-refractivity contribution in [3.8, 4) is 0 Å². The van der Waals surface area contributed by atoms with Gasteiger partial charge in [0.2, 0.25) is 0 Å². The maximum atomic E-state index is 5.59. The number of aliphatic imine (C=N–C) groups is 1. The van der Waals surface area contributed by atoms with E-state index in [1.54, 1.807) is 0 Å². The molecule has 26 heavy (non-hydrogen) atoms. The molecule has 0 spiro atoms. The molecule has 2 rings (SSSR count). The van der Waals surface area contributed by atoms with Gasteiger partial charge in [-0.1, -0.05) is 26.7 Å². The third-order valence-corrected chi connectivity index (χ3v) is 6.47. The standard InChI is InChI=1S/C20H40N4O.HI/c1-6-17(7-2)18-9-12-24(15-18)19(21-8-3)22-16-20(23(4)5)10-13-25-14-11-20;/h17-18H,6-16H2,1-5H3,(H,21,22);1H. The highest BCUT2D eigenvalue weighted by atomic mass is 127. The Morgan fingerprint density at radius 2 is 1.88 bits per heavy atom. The van der Waals surface area contributed by atoms with Crippen LogP contribution in [-0.2, 0) is 4.74 Å². The van der Waals surface area contributed by atoms with Gasteiger partial charge in [-0.25, -0.2) is 0 Å². The quantitative estimate of drug-likeness (QED) is 0.344. The SMILES string of the molecule is CCNC(=NCC1(N(C)C)CCOCC1)N1CCC(C(CC)CC)C1.I. The van der Waals surface area contributed by atoms with Gasteiger partial charge in [-0.05, 0) is 52.1 Å². The van der Waals surface area contributed by atoms with Crippen molar-refractivity contribution in [2.24, 2.45) is 16.8 Å². The van der Waals surface area contributed by atoms with E-state index in [4.69, 9.17) is 9.73 Å². The van der Waals surface area contributed by atoms with Gasteiger partial charge in [0, 0.05) is 38.4 Å². The summed E-state index contributed by atoms with van der Waals surface area (Å²) in [6.45, 7) is 12.6. The van der Waals surface area contributed by atoms with Crippen LogP contribution >= 0.6 is 24.0 Å². The zero-order valence-corrected chi connectivity index (χ0v) is 19.9. The number of halogens is 1. The lowest BCUT2D eigenvalue weighted by Gasteiger charge is -2.42. The second kappa shape index (κ2) is 11.7. The Labute approximate surface area is 178 Å². The normalized spacial score (nSPS) is 23.4. The highest BCUT2D eigenvalue weighted by molar-refractivity contribution is 14.0. The minimum absolute atomic E-state index is 0. The van der Waals surface area contributed by atoms with Gasteiger partial charge in [-0.15, -0.1) is 24.0 Å². The number of likely N-dealkylation sites (tertiary alicyclic amines) is 1. The van der Waals surface area contributed by atoms with Crippen molar-refractivity contribution in [3.05, 3.63) is 0 Å². The van der Waals surface area contributed by atoms with E-state index < -0.39 is 0 Å². The van der Waals surface area contributed by atoms with Gasteiger partial charge >= 0.3 is 0 Å². The van der Waals surface area contributed by atoms with Crippen molar-refractivity contribution in [1.29, 1.82) is 0 Å². The van der Waals surface area contributed by atoms with Crippen LogP contribution in [0.4, 0.5) is 0 Å². The summed E-state index contributed by atoms with van der Waals surface area (Å²) in [7, 11) is 4.37. The smallest absolute Gasteiger partial charge is 0.193 e. The summed E-state index contributed by atoms with van der Waals surface area (Å²) in [6, 6.07) is 0. The van der Waals surface area contributed by atoms with E-state index in [1.165, 1.54) is 19.3 Å². The van der Waals surface area contributed by atoms with Crippen molar-refractivity contribution in [3.63, 3.8) is 0 Å². The van der Waals surface area contributed by atoms with Crippen LogP contribution in [0.15, 0.2) is 4.99 Å². The minimum Gasteiger partial charge on any atom is -0.381 e. The largest absolute Gasteiger partial charge is 0.381 e. The summed E-state index contributed by atoms with van der Waals surface area (Å²) < 4.78 is 5.59. The molecule has 2 aliphatic heterocycles. The Balaban J connectivity index is 0.00000338. The van der Waals surface area contributed by atoms with E-state index in [0.717, 1.165) is 70.0 Å². The summed E-state index contributed by atoms with van der Waals surface area (Å²) in [6.07, 6.45) is 6.04. The first-order valence-electron chi connectivity index (χ1n) is 10.3. The molecule has 0 aromatic rings. The molecule has 1 atom stereocenters. The maximum absolute atomic E-state index is 5.59. The molecule has 154 valence electrons. The van der Waals surface area contributed by atoms with Crippen molar-refractivity contribution in [1.82, 2.24) is 15.1 Å². The van der Waals surface area contributed by atoms with Crippen molar-refractivity contribution >= 4 is 29.9 Å². The lowest BCUT2D eigenvalue weighted by Crippen LogP contribution is -2.52. The van der Waals surface area contributed by atoms with E-state index in [0.29, 0.717) is 0 Å². The van der Waals surface area contributed by atoms with Crippen molar-refractivity contribution < 1.29 is 4.74 Å². The van der Waals surface area contributed by atoms with Crippen molar-refractivity contribution in [2.75, 3.05) is 53.5 Å². The van der Waals surface area contributed by atoms with Gasteiger partial charge in [-0.2, -0.15) is 0 Å². The number of rotatable bonds is 7. The Morgan fingerprint density at radius 3 is 2.42 bits per heavy atom. The molecule has 2 fully saturated rings. The van der Waals surface area contributed by atoms with Gasteiger partial charge < -0.3 is 19.9 Å². The number of hydrogen-bond acceptors (Lipinski definition) is 3. The fraction of sp³-hybridized carbons (Fsp3) is 0.950. The topological polar surface area (TPSA) is 40.1 Å². The average Bonchev–Trinajstić information content (AvgIpc) is 3.10.